The van der Waals surface area contributed by atoms with E-state index < -0.39 is 0 Å². The molecule has 0 saturated carbocycles. The molecule has 1 aromatic heterocycles. The van der Waals surface area contributed by atoms with Crippen molar-refractivity contribution in [2.75, 3.05) is 20.1 Å². The highest BCUT2D eigenvalue weighted by molar-refractivity contribution is 5.77. The maximum absolute atomic E-state index is 11.8. The van der Waals surface area contributed by atoms with Crippen LogP contribution < -0.4 is 5.32 Å². The van der Waals surface area contributed by atoms with Crippen molar-refractivity contribution >= 4 is 5.91 Å². The second kappa shape index (κ2) is 7.76. The highest BCUT2D eigenvalue weighted by atomic mass is 16.1. The number of nitrogens with one attached hydrogen (secondary N) is 2. The first-order valence-electron chi connectivity index (χ1n) is 9.35. The lowest BCUT2D eigenvalue weighted by atomic mass is 9.85. The lowest BCUT2D eigenvalue weighted by Gasteiger charge is -2.27. The van der Waals surface area contributed by atoms with Crippen molar-refractivity contribution in [3.63, 3.8) is 0 Å². The summed E-state index contributed by atoms with van der Waals surface area (Å²) in [6.07, 6.45) is 0.885. The van der Waals surface area contributed by atoms with E-state index in [0.717, 1.165) is 25.2 Å². The number of H-pyrrole nitrogens is 1. The van der Waals surface area contributed by atoms with Crippen molar-refractivity contribution in [3.8, 4) is 0 Å². The third kappa shape index (κ3) is 3.64. The van der Waals surface area contributed by atoms with Crippen LogP contribution >= 0.6 is 0 Å². The fraction of sp³-hybridized carbons (Fsp3) is 0.273. The molecule has 5 heteroatoms. The number of rotatable bonds is 5. The number of aromatic amines is 1. The van der Waals surface area contributed by atoms with Crippen LogP contribution in [0.1, 0.15) is 34.0 Å². The molecule has 0 atom stereocenters. The van der Waals surface area contributed by atoms with Gasteiger partial charge in [0.1, 0.15) is 0 Å². The van der Waals surface area contributed by atoms with E-state index in [4.69, 9.17) is 5.10 Å². The Morgan fingerprint density at radius 1 is 1.11 bits per heavy atom. The Morgan fingerprint density at radius 3 is 2.33 bits per heavy atom. The minimum absolute atomic E-state index is 0.0474. The van der Waals surface area contributed by atoms with Crippen molar-refractivity contribution in [1.29, 1.82) is 0 Å². The Balaban J connectivity index is 1.73. The first kappa shape index (κ1) is 17.5. The van der Waals surface area contributed by atoms with Crippen LogP contribution in [0.4, 0.5) is 0 Å². The van der Waals surface area contributed by atoms with Crippen LogP contribution in [0.15, 0.2) is 60.7 Å². The van der Waals surface area contributed by atoms with Crippen LogP contribution in [0.2, 0.25) is 0 Å². The van der Waals surface area contributed by atoms with Crippen LogP contribution in [-0.2, 0) is 17.8 Å². The quantitative estimate of drug-likeness (QED) is 0.735. The molecule has 0 radical (unpaired) electrons. The molecule has 3 aromatic rings. The van der Waals surface area contributed by atoms with Gasteiger partial charge in [0.2, 0.25) is 5.91 Å². The van der Waals surface area contributed by atoms with Crippen molar-refractivity contribution in [1.82, 2.24) is 20.4 Å². The number of amides is 1. The maximum atomic E-state index is 11.8. The van der Waals surface area contributed by atoms with E-state index in [1.165, 1.54) is 22.4 Å². The van der Waals surface area contributed by atoms with Crippen LogP contribution in [0.3, 0.4) is 0 Å². The highest BCUT2D eigenvalue weighted by Gasteiger charge is 2.28. The Kier molecular flexibility index (Phi) is 5.03. The largest absolute Gasteiger partial charge is 0.358 e. The molecule has 0 aliphatic carbocycles. The predicted molar refractivity (Wildman–Crippen MR) is 105 cm³/mol. The summed E-state index contributed by atoms with van der Waals surface area (Å²) in [5, 5.41) is 10.7. The molecule has 138 valence electrons. The lowest BCUT2D eigenvalue weighted by Crippen LogP contribution is -2.38. The zero-order valence-corrected chi connectivity index (χ0v) is 15.5. The van der Waals surface area contributed by atoms with Gasteiger partial charge in [-0.2, -0.15) is 5.10 Å². The van der Waals surface area contributed by atoms with Crippen LogP contribution in [0, 0.1) is 0 Å². The second-order valence-electron chi connectivity index (χ2n) is 6.95. The van der Waals surface area contributed by atoms with Crippen molar-refractivity contribution < 1.29 is 4.79 Å². The SMILES string of the molecule is CNC(=O)CN1CCc2[nH]nc(C(c3ccccc3)c3ccccc3)c2C1. The van der Waals surface area contributed by atoms with Crippen molar-refractivity contribution in [2.24, 2.45) is 0 Å². The number of fused-ring (bicyclic) bond motifs is 1. The van der Waals surface area contributed by atoms with Gasteiger partial charge >= 0.3 is 0 Å². The summed E-state index contributed by atoms with van der Waals surface area (Å²) in [5.74, 6) is 0.124. The first-order chi connectivity index (χ1) is 13.3. The van der Waals surface area contributed by atoms with Gasteiger partial charge in [-0.3, -0.25) is 14.8 Å². The Labute approximate surface area is 159 Å². The van der Waals surface area contributed by atoms with Crippen LogP contribution in [0.5, 0.6) is 0 Å². The van der Waals surface area contributed by atoms with Crippen molar-refractivity contribution in [3.05, 3.63) is 88.7 Å². The number of likely N-dealkylation sites (N-methyl/N-ethyl adjacent to an activating group) is 1. The molecular formula is C22H24N4O. The number of hydrogen-bond donors (Lipinski definition) is 2. The number of hydrogen-bond acceptors (Lipinski definition) is 3. The van der Waals surface area contributed by atoms with Crippen molar-refractivity contribution in [2.45, 2.75) is 18.9 Å². The third-order valence-electron chi connectivity index (χ3n) is 5.23. The summed E-state index contributed by atoms with van der Waals surface area (Å²) in [6, 6.07) is 21.0. The smallest absolute Gasteiger partial charge is 0.233 e. The average Bonchev–Trinajstić information content (AvgIpc) is 3.13. The summed E-state index contributed by atoms with van der Waals surface area (Å²) in [4.78, 5) is 14.0. The molecule has 0 saturated heterocycles. The minimum atomic E-state index is 0.0474. The van der Waals surface area contributed by atoms with E-state index in [9.17, 15) is 4.79 Å². The zero-order valence-electron chi connectivity index (χ0n) is 15.5. The highest BCUT2D eigenvalue weighted by Crippen LogP contribution is 2.35. The van der Waals surface area contributed by atoms with E-state index >= 15 is 0 Å². The molecule has 1 aliphatic rings. The van der Waals surface area contributed by atoms with Gasteiger partial charge in [0, 0.05) is 37.8 Å². The Bertz CT molecular complexity index is 865. The molecule has 2 aromatic carbocycles. The minimum Gasteiger partial charge on any atom is -0.358 e. The monoisotopic (exact) mass is 360 g/mol. The molecule has 0 bridgehead atoms. The molecule has 2 heterocycles. The Hall–Kier alpha value is -2.92. The fourth-order valence-electron chi connectivity index (χ4n) is 3.83. The number of benzene rings is 2. The van der Waals surface area contributed by atoms with Gasteiger partial charge in [-0.1, -0.05) is 60.7 Å². The zero-order chi connectivity index (χ0) is 18.6. The van der Waals surface area contributed by atoms with Gasteiger partial charge in [-0.25, -0.2) is 0 Å². The van der Waals surface area contributed by atoms with Gasteiger partial charge in [-0.15, -0.1) is 0 Å². The van der Waals surface area contributed by atoms with E-state index in [-0.39, 0.29) is 11.8 Å². The molecule has 2 N–H and O–H groups in total. The van der Waals surface area contributed by atoms with Gasteiger partial charge in [0.05, 0.1) is 18.2 Å². The summed E-state index contributed by atoms with van der Waals surface area (Å²) in [5.41, 5.74) is 5.92. The number of nitrogens with zero attached hydrogens (tertiary/aromatic N) is 2. The topological polar surface area (TPSA) is 61.0 Å². The summed E-state index contributed by atoms with van der Waals surface area (Å²) in [7, 11) is 1.68. The molecule has 1 amide bonds. The number of carbonyl (C=O) groups excluding carboxylic acids is 1. The Morgan fingerprint density at radius 2 is 1.74 bits per heavy atom. The van der Waals surface area contributed by atoms with Gasteiger partial charge in [0.25, 0.3) is 0 Å². The summed E-state index contributed by atoms with van der Waals surface area (Å²) < 4.78 is 0. The van der Waals surface area contributed by atoms with Crippen LogP contribution in [-0.4, -0.2) is 41.1 Å². The van der Waals surface area contributed by atoms with Gasteiger partial charge < -0.3 is 5.32 Å². The third-order valence-corrected chi connectivity index (χ3v) is 5.23. The molecule has 0 fully saturated rings. The maximum Gasteiger partial charge on any atom is 0.233 e. The summed E-state index contributed by atoms with van der Waals surface area (Å²) >= 11 is 0. The summed E-state index contributed by atoms with van der Waals surface area (Å²) in [6.45, 7) is 2.02. The molecule has 0 spiro atoms. The molecule has 5 nitrogen and oxygen atoms in total. The predicted octanol–water partition coefficient (Wildman–Crippen LogP) is 2.69. The van der Waals surface area contributed by atoms with Crippen LogP contribution in [0.25, 0.3) is 0 Å². The van der Waals surface area contributed by atoms with E-state index in [1.807, 2.05) is 12.1 Å². The number of carbonyl (C=O) groups is 1. The van der Waals surface area contributed by atoms with Gasteiger partial charge in [-0.05, 0) is 11.1 Å². The average molecular weight is 360 g/mol. The van der Waals surface area contributed by atoms with E-state index in [2.05, 4.69) is 63.8 Å². The molecule has 27 heavy (non-hydrogen) atoms. The molecule has 0 unspecified atom stereocenters. The van der Waals surface area contributed by atoms with E-state index in [0.29, 0.717) is 6.54 Å². The molecule has 1 aliphatic heterocycles. The standard InChI is InChI=1S/C22H24N4O/c1-23-20(27)15-26-13-12-19-18(14-26)22(25-24-19)21(16-8-4-2-5-9-16)17-10-6-3-7-11-17/h2-11,21H,12-15H2,1H3,(H,23,27)(H,24,25). The first-order valence-corrected chi connectivity index (χ1v) is 9.35. The molecule has 4 rings (SSSR count). The van der Waals surface area contributed by atoms with E-state index in [1.54, 1.807) is 7.05 Å². The fourth-order valence-corrected chi connectivity index (χ4v) is 3.83. The number of aromatic nitrogens is 2. The molecular weight excluding hydrogens is 336 g/mol. The second-order valence-corrected chi connectivity index (χ2v) is 6.95. The lowest BCUT2D eigenvalue weighted by molar-refractivity contribution is -0.121. The normalized spacial score (nSPS) is 14.1. The van der Waals surface area contributed by atoms with Gasteiger partial charge in [0.15, 0.2) is 0 Å².